The van der Waals surface area contributed by atoms with E-state index in [9.17, 15) is 9.59 Å². The minimum Gasteiger partial charge on any atom is -0.482 e. The summed E-state index contributed by atoms with van der Waals surface area (Å²) < 4.78 is 11.8. The first-order valence-electron chi connectivity index (χ1n) is 12.6. The number of rotatable bonds is 5. The molecule has 6 atom stereocenters. The maximum atomic E-state index is 12.7. The second-order valence-electron chi connectivity index (χ2n) is 10.6. The molecule has 1 aromatic rings. The van der Waals surface area contributed by atoms with Crippen LogP contribution in [-0.4, -0.2) is 24.5 Å². The van der Waals surface area contributed by atoms with E-state index in [1.165, 1.54) is 24.0 Å². The van der Waals surface area contributed by atoms with E-state index in [0.29, 0.717) is 35.2 Å². The van der Waals surface area contributed by atoms with Gasteiger partial charge in [0, 0.05) is 11.8 Å². The number of ketones is 1. The van der Waals surface area contributed by atoms with Gasteiger partial charge in [0.05, 0.1) is 0 Å². The Balaban J connectivity index is 1.25. The van der Waals surface area contributed by atoms with Crippen LogP contribution in [0.3, 0.4) is 0 Å². The fraction of sp³-hybridized carbons (Fsp3) is 0.643. The third kappa shape index (κ3) is 3.80. The molecule has 3 fully saturated rings. The van der Waals surface area contributed by atoms with Gasteiger partial charge in [0.25, 0.3) is 0 Å². The van der Waals surface area contributed by atoms with Gasteiger partial charge in [-0.25, -0.2) is 4.79 Å². The monoisotopic (exact) mass is 436 g/mol. The number of esters is 1. The number of benzene rings is 1. The Labute approximate surface area is 191 Å². The van der Waals surface area contributed by atoms with E-state index in [1.807, 2.05) is 37.3 Å². The lowest BCUT2D eigenvalue weighted by atomic mass is 9.51. The van der Waals surface area contributed by atoms with Gasteiger partial charge in [0.1, 0.15) is 11.9 Å². The first kappa shape index (κ1) is 21.7. The van der Waals surface area contributed by atoms with Gasteiger partial charge in [0.2, 0.25) is 0 Å². The highest BCUT2D eigenvalue weighted by Gasteiger charge is 2.58. The lowest BCUT2D eigenvalue weighted by molar-refractivity contribution is -0.163. The van der Waals surface area contributed by atoms with Crippen LogP contribution in [0.1, 0.15) is 70.3 Å². The van der Waals surface area contributed by atoms with Crippen LogP contribution in [0.5, 0.6) is 5.75 Å². The second kappa shape index (κ2) is 8.68. The highest BCUT2D eigenvalue weighted by Crippen LogP contribution is 2.63. The Hall–Kier alpha value is -2.10. The van der Waals surface area contributed by atoms with E-state index < -0.39 is 0 Å². The van der Waals surface area contributed by atoms with Crippen molar-refractivity contribution in [3.8, 4) is 5.75 Å². The largest absolute Gasteiger partial charge is 0.482 e. The number of carbonyl (C=O) groups is 2. The molecule has 1 aromatic carbocycles. The van der Waals surface area contributed by atoms with Gasteiger partial charge in [-0.3, -0.25) is 4.79 Å². The van der Waals surface area contributed by atoms with Gasteiger partial charge in [-0.15, -0.1) is 0 Å². The Morgan fingerprint density at radius 2 is 1.84 bits per heavy atom. The topological polar surface area (TPSA) is 52.6 Å². The predicted octanol–water partition coefficient (Wildman–Crippen LogP) is 5.82. The average molecular weight is 437 g/mol. The molecule has 4 nitrogen and oxygen atoms in total. The van der Waals surface area contributed by atoms with E-state index in [0.717, 1.165) is 44.9 Å². The van der Waals surface area contributed by atoms with Crippen LogP contribution < -0.4 is 4.74 Å². The maximum absolute atomic E-state index is 12.7. The zero-order valence-electron chi connectivity index (χ0n) is 19.5. The molecule has 0 heterocycles. The van der Waals surface area contributed by atoms with Crippen molar-refractivity contribution in [2.45, 2.75) is 77.7 Å². The minimum absolute atomic E-state index is 0.0115. The summed E-state index contributed by atoms with van der Waals surface area (Å²) in [6.07, 6.45) is 11.6. The number of aryl methyl sites for hydroxylation is 1. The molecule has 0 bridgehead atoms. The van der Waals surface area contributed by atoms with Crippen molar-refractivity contribution in [1.29, 1.82) is 0 Å². The molecule has 4 heteroatoms. The summed E-state index contributed by atoms with van der Waals surface area (Å²) in [5.41, 5.74) is 2.72. The minimum atomic E-state index is -0.245. The van der Waals surface area contributed by atoms with Crippen LogP contribution in [-0.2, 0) is 14.3 Å². The molecular weight excluding hydrogens is 400 g/mol. The Morgan fingerprint density at radius 3 is 2.62 bits per heavy atom. The molecule has 0 aliphatic heterocycles. The van der Waals surface area contributed by atoms with Gasteiger partial charge in [0.15, 0.2) is 12.4 Å². The smallest absolute Gasteiger partial charge is 0.344 e. The summed E-state index contributed by atoms with van der Waals surface area (Å²) in [6.45, 7) is 4.29. The highest BCUT2D eigenvalue weighted by molar-refractivity contribution is 5.91. The molecule has 5 rings (SSSR count). The summed E-state index contributed by atoms with van der Waals surface area (Å²) in [5, 5.41) is 0. The number of hydrogen-bond donors (Lipinski definition) is 0. The third-order valence-corrected chi connectivity index (χ3v) is 9.25. The van der Waals surface area contributed by atoms with Gasteiger partial charge < -0.3 is 9.47 Å². The zero-order valence-corrected chi connectivity index (χ0v) is 19.5. The number of allylic oxidation sites excluding steroid dienone is 1. The van der Waals surface area contributed by atoms with Gasteiger partial charge in [-0.05, 0) is 100 Å². The molecule has 0 spiro atoms. The van der Waals surface area contributed by atoms with Crippen molar-refractivity contribution in [1.82, 2.24) is 0 Å². The SMILES string of the molecule is CCC12CCC3C4CCC(=O)C=C4CCC3C1CCC2OC(=O)COc1ccc(C)cc1. The Kier molecular flexibility index (Phi) is 5.90. The van der Waals surface area contributed by atoms with Crippen LogP contribution in [0.25, 0.3) is 0 Å². The molecule has 32 heavy (non-hydrogen) atoms. The fourth-order valence-corrected chi connectivity index (χ4v) is 7.76. The molecule has 6 unspecified atom stereocenters. The van der Waals surface area contributed by atoms with Crippen molar-refractivity contribution >= 4 is 11.8 Å². The molecule has 4 aliphatic rings. The van der Waals surface area contributed by atoms with Crippen LogP contribution >= 0.6 is 0 Å². The van der Waals surface area contributed by atoms with E-state index >= 15 is 0 Å². The quantitative estimate of drug-likeness (QED) is 0.546. The lowest BCUT2D eigenvalue weighted by Gasteiger charge is -2.54. The van der Waals surface area contributed by atoms with Crippen molar-refractivity contribution in [3.05, 3.63) is 41.5 Å². The molecular formula is C28H36O4. The molecule has 0 radical (unpaired) electrons. The number of ether oxygens (including phenoxy) is 2. The number of hydrogen-bond acceptors (Lipinski definition) is 4. The number of fused-ring (bicyclic) bond motifs is 5. The van der Waals surface area contributed by atoms with Crippen molar-refractivity contribution in [3.63, 3.8) is 0 Å². The Bertz CT molecular complexity index is 901. The average Bonchev–Trinajstić information content (AvgIpc) is 3.17. The molecule has 4 aliphatic carbocycles. The van der Waals surface area contributed by atoms with Crippen LogP contribution in [0.4, 0.5) is 0 Å². The maximum Gasteiger partial charge on any atom is 0.344 e. The molecule has 0 amide bonds. The molecule has 0 N–H and O–H groups in total. The molecule has 172 valence electrons. The van der Waals surface area contributed by atoms with Crippen molar-refractivity contribution in [2.75, 3.05) is 6.61 Å². The number of carbonyl (C=O) groups excluding carboxylic acids is 2. The third-order valence-electron chi connectivity index (χ3n) is 9.25. The zero-order chi connectivity index (χ0) is 22.3. The van der Waals surface area contributed by atoms with Crippen molar-refractivity contribution in [2.24, 2.45) is 29.1 Å². The molecule has 3 saturated carbocycles. The van der Waals surface area contributed by atoms with Crippen LogP contribution in [0.2, 0.25) is 0 Å². The summed E-state index contributed by atoms with van der Waals surface area (Å²) in [6, 6.07) is 7.76. The summed E-state index contributed by atoms with van der Waals surface area (Å²) >= 11 is 0. The molecule has 0 saturated heterocycles. The van der Waals surface area contributed by atoms with Gasteiger partial charge in [-0.2, -0.15) is 0 Å². The standard InChI is InChI=1S/C28H36O4/c1-3-28-15-14-23-22-11-7-20(29)16-19(22)6-10-24(23)25(28)12-13-26(28)32-27(30)17-31-21-8-4-18(2)5-9-21/h4-5,8-9,16,22-26H,3,6-7,10-15,17H2,1-2H3. The summed E-state index contributed by atoms with van der Waals surface area (Å²) in [7, 11) is 0. The van der Waals surface area contributed by atoms with Crippen molar-refractivity contribution < 1.29 is 19.1 Å². The van der Waals surface area contributed by atoms with Gasteiger partial charge in [-0.1, -0.05) is 30.2 Å². The lowest BCUT2D eigenvalue weighted by Crippen LogP contribution is -2.49. The predicted molar refractivity (Wildman–Crippen MR) is 123 cm³/mol. The second-order valence-corrected chi connectivity index (χ2v) is 10.6. The first-order valence-corrected chi connectivity index (χ1v) is 12.6. The van der Waals surface area contributed by atoms with E-state index in [4.69, 9.17) is 9.47 Å². The van der Waals surface area contributed by atoms with Crippen LogP contribution in [0.15, 0.2) is 35.9 Å². The normalized spacial score (nSPS) is 35.9. The fourth-order valence-electron chi connectivity index (χ4n) is 7.76. The van der Waals surface area contributed by atoms with Gasteiger partial charge >= 0.3 is 5.97 Å². The highest BCUT2D eigenvalue weighted by atomic mass is 16.6. The van der Waals surface area contributed by atoms with E-state index in [1.54, 1.807) is 0 Å². The van der Waals surface area contributed by atoms with Crippen LogP contribution in [0, 0.1) is 36.0 Å². The summed E-state index contributed by atoms with van der Waals surface area (Å²) in [4.78, 5) is 24.6. The van der Waals surface area contributed by atoms with E-state index in [2.05, 4.69) is 6.92 Å². The Morgan fingerprint density at radius 1 is 1.03 bits per heavy atom. The first-order chi connectivity index (χ1) is 15.5. The van der Waals surface area contributed by atoms with E-state index in [-0.39, 0.29) is 24.1 Å². The molecule has 0 aromatic heterocycles. The summed E-state index contributed by atoms with van der Waals surface area (Å²) in [5.74, 6) is 3.48.